The summed E-state index contributed by atoms with van der Waals surface area (Å²) in [5, 5.41) is 12.3. The van der Waals surface area contributed by atoms with Crippen LogP contribution in [-0.4, -0.2) is 29.6 Å². The van der Waals surface area contributed by atoms with Crippen LogP contribution in [0, 0.1) is 5.41 Å². The van der Waals surface area contributed by atoms with Crippen LogP contribution in [0.4, 0.5) is 0 Å². The Hall–Kier alpha value is -2.04. The Morgan fingerprint density at radius 1 is 1.46 bits per heavy atom. The van der Waals surface area contributed by atoms with E-state index in [0.717, 1.165) is 19.3 Å². The molecule has 1 aliphatic carbocycles. The van der Waals surface area contributed by atoms with E-state index in [9.17, 15) is 14.7 Å². The van der Waals surface area contributed by atoms with Crippen molar-refractivity contribution < 1.29 is 19.4 Å². The van der Waals surface area contributed by atoms with Crippen LogP contribution in [0.15, 0.2) is 36.1 Å². The number of carbonyl (C=O) groups is 2. The highest BCUT2D eigenvalue weighted by atomic mass is 16.5. The van der Waals surface area contributed by atoms with Gasteiger partial charge in [0.2, 0.25) is 5.91 Å². The molecular formula is C19H29NO4. The monoisotopic (exact) mass is 335 g/mol. The lowest BCUT2D eigenvalue weighted by Crippen LogP contribution is -2.44. The van der Waals surface area contributed by atoms with E-state index in [-0.39, 0.29) is 18.3 Å². The van der Waals surface area contributed by atoms with Gasteiger partial charge in [-0.25, -0.2) is 4.79 Å². The van der Waals surface area contributed by atoms with E-state index >= 15 is 0 Å². The summed E-state index contributed by atoms with van der Waals surface area (Å²) in [5.74, 6) is -0.475. The van der Waals surface area contributed by atoms with E-state index in [1.54, 1.807) is 19.1 Å². The molecule has 0 spiro atoms. The first-order valence-electron chi connectivity index (χ1n) is 8.62. The summed E-state index contributed by atoms with van der Waals surface area (Å²) in [6.45, 7) is 5.53. The van der Waals surface area contributed by atoms with Crippen LogP contribution >= 0.6 is 0 Å². The molecule has 2 N–H and O–H groups in total. The molecule has 0 aromatic carbocycles. The fraction of sp³-hybridized carbons (Fsp3) is 0.579. The van der Waals surface area contributed by atoms with Gasteiger partial charge in [-0.2, -0.15) is 0 Å². The zero-order valence-electron chi connectivity index (χ0n) is 14.9. The normalized spacial score (nSPS) is 21.4. The van der Waals surface area contributed by atoms with Crippen LogP contribution in [-0.2, 0) is 14.3 Å². The summed E-state index contributed by atoms with van der Waals surface area (Å²) in [6, 6.07) is -0.712. The van der Waals surface area contributed by atoms with Gasteiger partial charge in [0.15, 0.2) is 0 Å². The lowest BCUT2D eigenvalue weighted by atomic mass is 9.75. The number of unbranched alkanes of at least 4 members (excludes halogenated alkanes) is 2. The zero-order valence-corrected chi connectivity index (χ0v) is 14.9. The third-order valence-corrected chi connectivity index (χ3v) is 3.98. The fourth-order valence-electron chi connectivity index (χ4n) is 2.73. The molecule has 0 bridgehead atoms. The minimum atomic E-state index is -0.712. The van der Waals surface area contributed by atoms with Crippen molar-refractivity contribution in [1.82, 2.24) is 5.32 Å². The first-order chi connectivity index (χ1) is 11.4. The van der Waals surface area contributed by atoms with Crippen LogP contribution in [0.3, 0.4) is 0 Å². The average molecular weight is 335 g/mol. The number of carbonyl (C=O) groups excluding carboxylic acids is 2. The van der Waals surface area contributed by atoms with Crippen molar-refractivity contribution in [3.63, 3.8) is 0 Å². The average Bonchev–Trinajstić information content (AvgIpc) is 2.54. The third-order valence-electron chi connectivity index (χ3n) is 3.98. The molecule has 24 heavy (non-hydrogen) atoms. The Morgan fingerprint density at radius 2 is 2.21 bits per heavy atom. The molecule has 0 saturated heterocycles. The van der Waals surface area contributed by atoms with E-state index in [4.69, 9.17) is 4.74 Å². The number of allylic oxidation sites excluding steroid dienone is 5. The summed E-state index contributed by atoms with van der Waals surface area (Å²) < 4.78 is 5.09. The molecule has 5 heteroatoms. The molecule has 0 radical (unpaired) electrons. The molecule has 1 aliphatic rings. The molecule has 0 saturated carbocycles. The fourth-order valence-corrected chi connectivity index (χ4v) is 2.73. The molecule has 0 aromatic heterocycles. The SMILES string of the molecule is CCCCC=CC1(CC(NC(C)=O)C(=O)OCC)C=CC(O)=CC1. The first kappa shape index (κ1) is 20.0. The largest absolute Gasteiger partial charge is 0.508 e. The van der Waals surface area contributed by atoms with Crippen LogP contribution in [0.2, 0.25) is 0 Å². The maximum absolute atomic E-state index is 12.2. The number of esters is 1. The summed E-state index contributed by atoms with van der Waals surface area (Å²) >= 11 is 0. The number of nitrogens with one attached hydrogen (secondary N) is 1. The molecule has 0 heterocycles. The maximum Gasteiger partial charge on any atom is 0.328 e. The number of hydrogen-bond donors (Lipinski definition) is 2. The van der Waals surface area contributed by atoms with Crippen LogP contribution in [0.25, 0.3) is 0 Å². The summed E-state index contributed by atoms with van der Waals surface area (Å²) in [5.41, 5.74) is -0.417. The highest BCUT2D eigenvalue weighted by molar-refractivity contribution is 5.83. The highest BCUT2D eigenvalue weighted by Gasteiger charge is 2.33. The van der Waals surface area contributed by atoms with Crippen LogP contribution in [0.5, 0.6) is 0 Å². The number of ether oxygens (including phenoxy) is 1. The van der Waals surface area contributed by atoms with Crippen LogP contribution in [0.1, 0.15) is 52.9 Å². The molecule has 134 valence electrons. The minimum Gasteiger partial charge on any atom is -0.508 e. The number of aliphatic hydroxyl groups is 1. The Morgan fingerprint density at radius 3 is 2.75 bits per heavy atom. The second-order valence-electron chi connectivity index (χ2n) is 6.15. The van der Waals surface area contributed by atoms with Crippen molar-refractivity contribution in [2.75, 3.05) is 6.61 Å². The van der Waals surface area contributed by atoms with Gasteiger partial charge in [0.05, 0.1) is 6.61 Å². The van der Waals surface area contributed by atoms with Crippen LogP contribution < -0.4 is 5.32 Å². The first-order valence-corrected chi connectivity index (χ1v) is 8.62. The number of aliphatic hydroxyl groups excluding tert-OH is 1. The van der Waals surface area contributed by atoms with E-state index in [0.29, 0.717) is 12.8 Å². The summed E-state index contributed by atoms with van der Waals surface area (Å²) in [7, 11) is 0. The second kappa shape index (κ2) is 9.96. The number of rotatable bonds is 9. The Balaban J connectivity index is 2.95. The molecule has 1 amide bonds. The third kappa shape index (κ3) is 6.60. The lowest BCUT2D eigenvalue weighted by molar-refractivity contribution is -0.147. The van der Waals surface area contributed by atoms with Gasteiger partial charge in [-0.05, 0) is 38.3 Å². The smallest absolute Gasteiger partial charge is 0.328 e. The molecule has 0 fully saturated rings. The van der Waals surface area contributed by atoms with Gasteiger partial charge in [-0.3, -0.25) is 4.79 Å². The molecule has 5 nitrogen and oxygen atoms in total. The van der Waals surface area contributed by atoms with Gasteiger partial charge in [-0.15, -0.1) is 0 Å². The van der Waals surface area contributed by atoms with Gasteiger partial charge in [-0.1, -0.05) is 38.0 Å². The topological polar surface area (TPSA) is 75.6 Å². The summed E-state index contributed by atoms with van der Waals surface area (Å²) in [4.78, 5) is 23.6. The van der Waals surface area contributed by atoms with Crippen molar-refractivity contribution in [2.45, 2.75) is 58.9 Å². The molecule has 2 unspecified atom stereocenters. The van der Waals surface area contributed by atoms with E-state index in [1.165, 1.54) is 6.92 Å². The zero-order chi connectivity index (χ0) is 18.0. The quantitative estimate of drug-likeness (QED) is 0.384. The van der Waals surface area contributed by atoms with Gasteiger partial charge >= 0.3 is 5.97 Å². The van der Waals surface area contributed by atoms with Crippen molar-refractivity contribution in [3.05, 3.63) is 36.1 Å². The van der Waals surface area contributed by atoms with Gasteiger partial charge < -0.3 is 15.2 Å². The molecule has 0 aromatic rings. The minimum absolute atomic E-state index is 0.222. The Kier molecular flexibility index (Phi) is 8.30. The van der Waals surface area contributed by atoms with Gasteiger partial charge in [0.1, 0.15) is 11.8 Å². The van der Waals surface area contributed by atoms with E-state index < -0.39 is 17.4 Å². The number of hydrogen-bond acceptors (Lipinski definition) is 4. The lowest BCUT2D eigenvalue weighted by Gasteiger charge is -2.32. The molecule has 1 rings (SSSR count). The Bertz CT molecular complexity index is 521. The van der Waals surface area contributed by atoms with Crippen molar-refractivity contribution in [2.24, 2.45) is 5.41 Å². The van der Waals surface area contributed by atoms with Crippen molar-refractivity contribution in [1.29, 1.82) is 0 Å². The van der Waals surface area contributed by atoms with E-state index in [2.05, 4.69) is 24.4 Å². The number of amides is 1. The van der Waals surface area contributed by atoms with Crippen molar-refractivity contribution in [3.8, 4) is 0 Å². The second-order valence-corrected chi connectivity index (χ2v) is 6.15. The molecular weight excluding hydrogens is 306 g/mol. The van der Waals surface area contributed by atoms with Gasteiger partial charge in [0, 0.05) is 12.3 Å². The van der Waals surface area contributed by atoms with Crippen molar-refractivity contribution >= 4 is 11.9 Å². The predicted molar refractivity (Wildman–Crippen MR) is 94.4 cm³/mol. The molecule has 0 aliphatic heterocycles. The maximum atomic E-state index is 12.2. The van der Waals surface area contributed by atoms with E-state index in [1.807, 2.05) is 6.08 Å². The highest BCUT2D eigenvalue weighted by Crippen LogP contribution is 2.36. The Labute approximate surface area is 144 Å². The predicted octanol–water partition coefficient (Wildman–Crippen LogP) is 3.58. The molecule has 2 atom stereocenters. The standard InChI is InChI=1S/C19H29NO4/c1-4-6-7-8-11-19(12-9-16(22)10-13-19)14-17(20-15(3)21)18(23)24-5-2/h8-12,17,22H,4-7,13-14H2,1-3H3,(H,20,21). The summed E-state index contributed by atoms with van der Waals surface area (Å²) in [6.07, 6.45) is 13.6. The van der Waals surface area contributed by atoms with Gasteiger partial charge in [0.25, 0.3) is 0 Å².